The molecule has 1 aromatic carbocycles. The van der Waals surface area contributed by atoms with Gasteiger partial charge >= 0.3 is 5.97 Å². The van der Waals surface area contributed by atoms with E-state index in [0.717, 1.165) is 19.3 Å². The molecule has 0 amide bonds. The van der Waals surface area contributed by atoms with E-state index in [4.69, 9.17) is 9.16 Å². The molecule has 0 saturated heterocycles. The quantitative estimate of drug-likeness (QED) is 0.339. The summed E-state index contributed by atoms with van der Waals surface area (Å²) in [4.78, 5) is 25.1. The summed E-state index contributed by atoms with van der Waals surface area (Å²) in [5.74, 6) is -0.612. The molecule has 3 aliphatic carbocycles. The van der Waals surface area contributed by atoms with Gasteiger partial charge in [-0.25, -0.2) is 0 Å². The number of hydrogen-bond donors (Lipinski definition) is 1. The second kappa shape index (κ2) is 7.85. The zero-order valence-electron chi connectivity index (χ0n) is 19.7. The smallest absolute Gasteiger partial charge is 0.308 e. The van der Waals surface area contributed by atoms with Crippen molar-refractivity contribution in [3.63, 3.8) is 0 Å². The van der Waals surface area contributed by atoms with E-state index in [2.05, 4.69) is 33.9 Å². The van der Waals surface area contributed by atoms with Crippen LogP contribution in [0.25, 0.3) is 5.76 Å². The molecule has 1 saturated carbocycles. The van der Waals surface area contributed by atoms with Crippen molar-refractivity contribution in [2.24, 2.45) is 5.92 Å². The molecule has 0 radical (unpaired) electrons. The van der Waals surface area contributed by atoms with Gasteiger partial charge in [-0.15, -0.1) is 0 Å². The van der Waals surface area contributed by atoms with Crippen LogP contribution in [0.15, 0.2) is 47.1 Å². The van der Waals surface area contributed by atoms with E-state index in [9.17, 15) is 14.7 Å². The van der Waals surface area contributed by atoms with Crippen LogP contribution in [-0.4, -0.2) is 31.3 Å². The van der Waals surface area contributed by atoms with Crippen LogP contribution in [0, 0.1) is 5.92 Å². The molecule has 1 N–H and O–H groups in total. The van der Waals surface area contributed by atoms with Gasteiger partial charge in [-0.05, 0) is 43.5 Å². The zero-order valence-corrected chi connectivity index (χ0v) is 20.7. The minimum Gasteiger partial charge on any atom is -0.507 e. The lowest BCUT2D eigenvalue weighted by Gasteiger charge is -2.45. The summed E-state index contributed by atoms with van der Waals surface area (Å²) in [6.07, 6.45) is 6.60. The van der Waals surface area contributed by atoms with Gasteiger partial charge in [-0.1, -0.05) is 50.6 Å². The van der Waals surface area contributed by atoms with E-state index < -0.39 is 14.3 Å². The lowest BCUT2D eigenvalue weighted by molar-refractivity contribution is -0.131. The minimum atomic E-state index is -2.06. The molecule has 2 atom stereocenters. The Morgan fingerprint density at radius 3 is 2.56 bits per heavy atom. The number of aliphatic hydroxyl groups excluding tert-OH is 1. The number of allylic oxidation sites excluding steroid dienone is 3. The highest BCUT2D eigenvalue weighted by Gasteiger charge is 2.46. The Morgan fingerprint density at radius 1 is 1.19 bits per heavy atom. The first-order chi connectivity index (χ1) is 14.9. The molecule has 3 aliphatic rings. The molecule has 1 fully saturated rings. The van der Waals surface area contributed by atoms with Crippen LogP contribution in [0.2, 0.25) is 18.1 Å². The average molecular weight is 453 g/mol. The highest BCUT2D eigenvalue weighted by atomic mass is 28.4. The number of carbonyl (C=O) groups is 2. The van der Waals surface area contributed by atoms with Crippen LogP contribution in [-0.2, 0) is 9.22 Å². The van der Waals surface area contributed by atoms with Gasteiger partial charge in [0.1, 0.15) is 11.5 Å². The number of rotatable bonds is 3. The Hall–Kier alpha value is -2.44. The number of hydrogen-bond acceptors (Lipinski definition) is 5. The maximum absolute atomic E-state index is 13.6. The second-order valence-corrected chi connectivity index (χ2v) is 15.2. The number of aliphatic hydroxyl groups is 1. The van der Waals surface area contributed by atoms with Gasteiger partial charge in [0.15, 0.2) is 14.1 Å². The van der Waals surface area contributed by atoms with Crippen molar-refractivity contribution >= 4 is 25.8 Å². The first kappa shape index (κ1) is 22.7. The predicted molar refractivity (Wildman–Crippen MR) is 127 cm³/mol. The predicted octanol–water partition coefficient (Wildman–Crippen LogP) is 6.13. The molecular formula is C26H32O5Si. The zero-order chi connectivity index (χ0) is 23.4. The molecule has 32 heavy (non-hydrogen) atoms. The van der Waals surface area contributed by atoms with Crippen LogP contribution in [0.5, 0.6) is 5.75 Å². The molecule has 4 rings (SSSR count). The van der Waals surface area contributed by atoms with Crippen molar-refractivity contribution in [2.45, 2.75) is 71.2 Å². The second-order valence-electron chi connectivity index (χ2n) is 10.5. The summed E-state index contributed by atoms with van der Waals surface area (Å²) in [5.41, 5.74) is 2.98. The Kier molecular flexibility index (Phi) is 5.58. The first-order valence-corrected chi connectivity index (χ1v) is 14.2. The number of Topliss-reactive ketones (excluding diaryl/α,β-unsaturated/α-hetero) is 1. The molecule has 0 aromatic heterocycles. The van der Waals surface area contributed by atoms with Gasteiger partial charge in [0.2, 0.25) is 0 Å². The summed E-state index contributed by atoms with van der Waals surface area (Å²) < 4.78 is 12.1. The van der Waals surface area contributed by atoms with E-state index in [1.54, 1.807) is 18.2 Å². The van der Waals surface area contributed by atoms with E-state index in [-0.39, 0.29) is 39.9 Å². The molecule has 0 unspecified atom stereocenters. The largest absolute Gasteiger partial charge is 0.507 e. The first-order valence-electron chi connectivity index (χ1n) is 11.3. The van der Waals surface area contributed by atoms with Crippen molar-refractivity contribution in [1.29, 1.82) is 0 Å². The Morgan fingerprint density at radius 2 is 1.91 bits per heavy atom. The maximum atomic E-state index is 13.6. The van der Waals surface area contributed by atoms with Crippen molar-refractivity contribution < 1.29 is 23.9 Å². The fraction of sp³-hybridized carbons (Fsp3) is 0.462. The van der Waals surface area contributed by atoms with Gasteiger partial charge in [0, 0.05) is 29.6 Å². The summed E-state index contributed by atoms with van der Waals surface area (Å²) in [6.45, 7) is 12.4. The van der Waals surface area contributed by atoms with Gasteiger partial charge < -0.3 is 14.3 Å². The number of ketones is 1. The van der Waals surface area contributed by atoms with Crippen LogP contribution in [0.4, 0.5) is 0 Å². The van der Waals surface area contributed by atoms with Crippen molar-refractivity contribution in [3.8, 4) is 5.75 Å². The molecular weight excluding hydrogens is 420 g/mol. The number of fused-ring (bicyclic) bond motifs is 4. The summed E-state index contributed by atoms with van der Waals surface area (Å²) in [7, 11) is -2.06. The number of esters is 1. The molecule has 170 valence electrons. The summed E-state index contributed by atoms with van der Waals surface area (Å²) in [6, 6.07) is 4.99. The van der Waals surface area contributed by atoms with Crippen LogP contribution < -0.4 is 4.74 Å². The van der Waals surface area contributed by atoms with Crippen molar-refractivity contribution in [3.05, 3.63) is 58.2 Å². The standard InChI is InChI=1S/C26H32O5Si/c1-15(27)30-19-11-8-10-17-22(19)24(28)18-14-13-16-9-7-12-20(21(16)23(18)25(17)29)31-32(5,6)26(2,3)4/h8,10-11,13-14,20-21,29H,7,9,12H2,1-6H3/t20-,21-/m1/s1. The molecule has 0 heterocycles. The normalized spacial score (nSPS) is 23.0. The van der Waals surface area contributed by atoms with E-state index in [1.165, 1.54) is 12.5 Å². The third-order valence-corrected chi connectivity index (χ3v) is 11.8. The number of carbonyl (C=O) groups excluding carboxylic acids is 2. The SMILES string of the molecule is CC(=O)Oc1cccc2c1C(=O)C1=CC=C3CCC[C@@H](O[Si](C)(C)C(C)(C)C)[C@@H]3C1=C2O. The highest BCUT2D eigenvalue weighted by Crippen LogP contribution is 2.50. The van der Waals surface area contributed by atoms with Crippen LogP contribution in [0.1, 0.15) is 62.9 Å². The van der Waals surface area contributed by atoms with Crippen LogP contribution in [0.3, 0.4) is 0 Å². The Balaban J connectivity index is 1.84. The van der Waals surface area contributed by atoms with E-state index >= 15 is 0 Å². The minimum absolute atomic E-state index is 0.0615. The third-order valence-electron chi connectivity index (χ3n) is 7.30. The maximum Gasteiger partial charge on any atom is 0.308 e. The van der Waals surface area contributed by atoms with Gasteiger partial charge in [-0.3, -0.25) is 9.59 Å². The van der Waals surface area contributed by atoms with Crippen LogP contribution >= 0.6 is 0 Å². The molecule has 0 aliphatic heterocycles. The van der Waals surface area contributed by atoms with E-state index in [1.807, 2.05) is 12.2 Å². The summed E-state index contributed by atoms with van der Waals surface area (Å²) >= 11 is 0. The molecule has 6 heteroatoms. The Labute approximate surface area is 190 Å². The summed E-state index contributed by atoms with van der Waals surface area (Å²) in [5, 5.41) is 11.5. The Bertz CT molecular complexity index is 1080. The lowest BCUT2D eigenvalue weighted by atomic mass is 9.68. The lowest BCUT2D eigenvalue weighted by Crippen LogP contribution is -2.48. The van der Waals surface area contributed by atoms with Gasteiger partial charge in [-0.2, -0.15) is 0 Å². The average Bonchev–Trinajstić information content (AvgIpc) is 2.70. The molecule has 5 nitrogen and oxygen atoms in total. The molecule has 1 aromatic rings. The number of benzene rings is 1. The fourth-order valence-corrected chi connectivity index (χ4v) is 6.08. The topological polar surface area (TPSA) is 72.8 Å². The highest BCUT2D eigenvalue weighted by molar-refractivity contribution is 6.74. The molecule has 0 spiro atoms. The van der Waals surface area contributed by atoms with Crippen molar-refractivity contribution in [2.75, 3.05) is 0 Å². The van der Waals surface area contributed by atoms with Gasteiger partial charge in [0.05, 0.1) is 11.7 Å². The van der Waals surface area contributed by atoms with E-state index in [0.29, 0.717) is 16.7 Å². The number of ether oxygens (including phenoxy) is 1. The monoisotopic (exact) mass is 452 g/mol. The molecule has 0 bridgehead atoms. The fourth-order valence-electron chi connectivity index (χ4n) is 4.71. The van der Waals surface area contributed by atoms with Crippen molar-refractivity contribution in [1.82, 2.24) is 0 Å². The third kappa shape index (κ3) is 3.69. The van der Waals surface area contributed by atoms with Gasteiger partial charge in [0.25, 0.3) is 0 Å².